The molecule has 0 aliphatic rings. The molecule has 0 aromatic heterocycles. The standard InChI is InChI=1S/C15H11Cl3O4/c1-21-13-6-8(15(19)20)2-5-12(13)22-7-9-10(16)3-4-11(17)14(9)18/h2-6H,7H2,1H3,(H,19,20). The molecule has 22 heavy (non-hydrogen) atoms. The van der Waals surface area contributed by atoms with Crippen molar-refractivity contribution in [2.24, 2.45) is 0 Å². The first-order chi connectivity index (χ1) is 10.4. The Labute approximate surface area is 142 Å². The summed E-state index contributed by atoms with van der Waals surface area (Å²) in [4.78, 5) is 10.9. The van der Waals surface area contributed by atoms with Gasteiger partial charge in [0.1, 0.15) is 6.61 Å². The minimum Gasteiger partial charge on any atom is -0.493 e. The maximum atomic E-state index is 10.9. The van der Waals surface area contributed by atoms with Crippen molar-refractivity contribution in [1.82, 2.24) is 0 Å². The molecule has 0 radical (unpaired) electrons. The molecule has 0 heterocycles. The zero-order chi connectivity index (χ0) is 16.3. The molecule has 0 atom stereocenters. The van der Waals surface area contributed by atoms with Crippen LogP contribution in [0.5, 0.6) is 11.5 Å². The number of hydrogen-bond donors (Lipinski definition) is 1. The van der Waals surface area contributed by atoms with E-state index in [0.717, 1.165) is 0 Å². The van der Waals surface area contributed by atoms with Crippen molar-refractivity contribution >= 4 is 40.8 Å². The maximum Gasteiger partial charge on any atom is 0.335 e. The van der Waals surface area contributed by atoms with Gasteiger partial charge in [0.25, 0.3) is 0 Å². The molecule has 7 heteroatoms. The number of carboxylic acids is 1. The maximum absolute atomic E-state index is 10.9. The Hall–Kier alpha value is -1.62. The molecule has 0 aliphatic carbocycles. The fourth-order valence-electron chi connectivity index (χ4n) is 1.77. The van der Waals surface area contributed by atoms with Crippen molar-refractivity contribution in [3.05, 3.63) is 56.5 Å². The van der Waals surface area contributed by atoms with E-state index in [1.807, 2.05) is 0 Å². The second-order valence-corrected chi connectivity index (χ2v) is 5.47. The molecule has 0 unspecified atom stereocenters. The summed E-state index contributed by atoms with van der Waals surface area (Å²) < 4.78 is 10.7. The fourth-order valence-corrected chi connectivity index (χ4v) is 2.43. The van der Waals surface area contributed by atoms with Crippen LogP contribution in [0.2, 0.25) is 15.1 Å². The molecule has 2 aromatic carbocycles. The number of benzene rings is 2. The number of carboxylic acid groups (broad SMARTS) is 1. The van der Waals surface area contributed by atoms with E-state index in [0.29, 0.717) is 32.1 Å². The quantitative estimate of drug-likeness (QED) is 0.767. The summed E-state index contributed by atoms with van der Waals surface area (Å²) in [5.41, 5.74) is 0.642. The lowest BCUT2D eigenvalue weighted by Gasteiger charge is -2.13. The summed E-state index contributed by atoms with van der Waals surface area (Å²) in [5.74, 6) is -0.375. The van der Waals surface area contributed by atoms with Crippen LogP contribution in [0.15, 0.2) is 30.3 Å². The minimum absolute atomic E-state index is 0.0704. The minimum atomic E-state index is -1.05. The molecule has 0 saturated carbocycles. The zero-order valence-corrected chi connectivity index (χ0v) is 13.7. The molecule has 1 N–H and O–H groups in total. The molecule has 0 bridgehead atoms. The highest BCUT2D eigenvalue weighted by Gasteiger charge is 2.13. The van der Waals surface area contributed by atoms with E-state index in [2.05, 4.69) is 0 Å². The van der Waals surface area contributed by atoms with Crippen molar-refractivity contribution in [2.75, 3.05) is 7.11 Å². The molecule has 116 valence electrons. The molecule has 2 rings (SSSR count). The van der Waals surface area contributed by atoms with Crippen molar-refractivity contribution in [2.45, 2.75) is 6.61 Å². The lowest BCUT2D eigenvalue weighted by Crippen LogP contribution is -2.02. The Balaban J connectivity index is 2.25. The average Bonchev–Trinajstić information content (AvgIpc) is 2.51. The van der Waals surface area contributed by atoms with Crippen molar-refractivity contribution < 1.29 is 19.4 Å². The van der Waals surface area contributed by atoms with E-state index in [1.54, 1.807) is 12.1 Å². The molecule has 0 fully saturated rings. The third-order valence-corrected chi connectivity index (χ3v) is 4.12. The summed E-state index contributed by atoms with van der Waals surface area (Å²) in [7, 11) is 1.42. The summed E-state index contributed by atoms with van der Waals surface area (Å²) in [6.45, 7) is 0.0704. The SMILES string of the molecule is COc1cc(C(=O)O)ccc1OCc1c(Cl)ccc(Cl)c1Cl. The Morgan fingerprint density at radius 1 is 1.09 bits per heavy atom. The van der Waals surface area contributed by atoms with Crippen molar-refractivity contribution in [3.8, 4) is 11.5 Å². The Morgan fingerprint density at radius 3 is 2.41 bits per heavy atom. The van der Waals surface area contributed by atoms with Crippen LogP contribution in [-0.2, 0) is 6.61 Å². The van der Waals surface area contributed by atoms with Crippen LogP contribution < -0.4 is 9.47 Å². The number of ether oxygens (including phenoxy) is 2. The Morgan fingerprint density at radius 2 is 1.77 bits per heavy atom. The van der Waals surface area contributed by atoms with Gasteiger partial charge in [-0.15, -0.1) is 0 Å². The van der Waals surface area contributed by atoms with Crippen LogP contribution in [0.1, 0.15) is 15.9 Å². The van der Waals surface area contributed by atoms with E-state index >= 15 is 0 Å². The van der Waals surface area contributed by atoms with E-state index in [9.17, 15) is 4.79 Å². The van der Waals surface area contributed by atoms with E-state index in [4.69, 9.17) is 49.4 Å². The molecular weight excluding hydrogens is 351 g/mol. The predicted octanol–water partition coefficient (Wildman–Crippen LogP) is 4.93. The number of halogens is 3. The topological polar surface area (TPSA) is 55.8 Å². The van der Waals surface area contributed by atoms with Crippen LogP contribution in [0.3, 0.4) is 0 Å². The van der Waals surface area contributed by atoms with Gasteiger partial charge >= 0.3 is 5.97 Å². The van der Waals surface area contributed by atoms with Crippen LogP contribution in [0.25, 0.3) is 0 Å². The van der Waals surface area contributed by atoms with E-state index < -0.39 is 5.97 Å². The lowest BCUT2D eigenvalue weighted by atomic mass is 10.2. The molecule has 4 nitrogen and oxygen atoms in total. The van der Waals surface area contributed by atoms with Gasteiger partial charge in [0, 0.05) is 10.6 Å². The van der Waals surface area contributed by atoms with Gasteiger partial charge in [-0.25, -0.2) is 4.79 Å². The molecular formula is C15H11Cl3O4. The molecule has 0 spiro atoms. The first-order valence-corrected chi connectivity index (χ1v) is 7.24. The third-order valence-electron chi connectivity index (χ3n) is 2.92. The molecule has 0 amide bonds. The second-order valence-electron chi connectivity index (χ2n) is 4.28. The van der Waals surface area contributed by atoms with Gasteiger partial charge < -0.3 is 14.6 Å². The first kappa shape index (κ1) is 16.7. The Bertz CT molecular complexity index is 716. The summed E-state index contributed by atoms with van der Waals surface area (Å²) in [6, 6.07) is 7.52. The van der Waals surface area contributed by atoms with Gasteiger partial charge in [0.05, 0.1) is 22.7 Å². The smallest absolute Gasteiger partial charge is 0.335 e. The Kier molecular flexibility index (Phi) is 5.40. The van der Waals surface area contributed by atoms with Crippen LogP contribution in [0.4, 0.5) is 0 Å². The highest BCUT2D eigenvalue weighted by atomic mass is 35.5. The molecule has 0 saturated heterocycles. The summed E-state index contributed by atoms with van der Waals surface area (Å²) in [6.07, 6.45) is 0. The number of aromatic carboxylic acids is 1. The number of hydrogen-bond acceptors (Lipinski definition) is 3. The second kappa shape index (κ2) is 7.09. The van der Waals surface area contributed by atoms with Crippen molar-refractivity contribution in [3.63, 3.8) is 0 Å². The first-order valence-electron chi connectivity index (χ1n) is 6.10. The zero-order valence-electron chi connectivity index (χ0n) is 11.4. The van der Waals surface area contributed by atoms with Crippen LogP contribution in [0, 0.1) is 0 Å². The predicted molar refractivity (Wildman–Crippen MR) is 85.8 cm³/mol. The molecule has 2 aromatic rings. The van der Waals surface area contributed by atoms with Gasteiger partial charge in [-0.05, 0) is 30.3 Å². The number of carbonyl (C=O) groups is 1. The molecule has 0 aliphatic heterocycles. The van der Waals surface area contributed by atoms with Crippen molar-refractivity contribution in [1.29, 1.82) is 0 Å². The van der Waals surface area contributed by atoms with Gasteiger partial charge in [-0.3, -0.25) is 0 Å². The van der Waals surface area contributed by atoms with Gasteiger partial charge in [-0.2, -0.15) is 0 Å². The van der Waals surface area contributed by atoms with E-state index in [1.165, 1.54) is 25.3 Å². The average molecular weight is 362 g/mol. The highest BCUT2D eigenvalue weighted by molar-refractivity contribution is 6.44. The normalized spacial score (nSPS) is 10.4. The van der Waals surface area contributed by atoms with Crippen LogP contribution in [-0.4, -0.2) is 18.2 Å². The van der Waals surface area contributed by atoms with Gasteiger partial charge in [0.2, 0.25) is 0 Å². The largest absolute Gasteiger partial charge is 0.493 e. The monoisotopic (exact) mass is 360 g/mol. The van der Waals surface area contributed by atoms with Gasteiger partial charge in [-0.1, -0.05) is 34.8 Å². The number of rotatable bonds is 5. The fraction of sp³-hybridized carbons (Fsp3) is 0.133. The van der Waals surface area contributed by atoms with E-state index in [-0.39, 0.29) is 12.2 Å². The number of methoxy groups -OCH3 is 1. The summed E-state index contributed by atoms with van der Waals surface area (Å²) in [5, 5.41) is 10.1. The summed E-state index contributed by atoms with van der Waals surface area (Å²) >= 11 is 18.1. The lowest BCUT2D eigenvalue weighted by molar-refractivity contribution is 0.0696. The van der Waals surface area contributed by atoms with Gasteiger partial charge in [0.15, 0.2) is 11.5 Å². The third kappa shape index (κ3) is 3.58. The van der Waals surface area contributed by atoms with Crippen LogP contribution >= 0.6 is 34.8 Å². The highest BCUT2D eigenvalue weighted by Crippen LogP contribution is 2.34.